The maximum Gasteiger partial charge on any atom is 0.262 e. The minimum Gasteiger partial charge on any atom is -0.486 e. The summed E-state index contributed by atoms with van der Waals surface area (Å²) in [5.74, 6) is 1.99. The predicted octanol–water partition coefficient (Wildman–Crippen LogP) is 3.26. The molecular weight excluding hydrogens is 328 g/mol. The lowest BCUT2D eigenvalue weighted by Gasteiger charge is -2.11. The van der Waals surface area contributed by atoms with Crippen molar-refractivity contribution in [1.29, 1.82) is 0 Å². The Morgan fingerprint density at radius 2 is 1.85 bits per heavy atom. The van der Waals surface area contributed by atoms with Gasteiger partial charge in [0.1, 0.15) is 12.4 Å². The molecule has 0 bridgehead atoms. The van der Waals surface area contributed by atoms with Gasteiger partial charge in [0, 0.05) is 6.54 Å². The number of rotatable bonds is 4. The van der Waals surface area contributed by atoms with Crippen molar-refractivity contribution in [2.45, 2.75) is 33.9 Å². The van der Waals surface area contributed by atoms with E-state index in [1.165, 1.54) is 11.1 Å². The van der Waals surface area contributed by atoms with Crippen molar-refractivity contribution in [3.63, 3.8) is 0 Å². The summed E-state index contributed by atoms with van der Waals surface area (Å²) in [6.45, 7) is 6.86. The van der Waals surface area contributed by atoms with Gasteiger partial charge in [0.05, 0.1) is 10.9 Å². The van der Waals surface area contributed by atoms with Gasteiger partial charge < -0.3 is 4.74 Å². The smallest absolute Gasteiger partial charge is 0.262 e. The van der Waals surface area contributed by atoms with Crippen LogP contribution in [0, 0.1) is 13.8 Å². The fourth-order valence-corrected chi connectivity index (χ4v) is 3.14. The van der Waals surface area contributed by atoms with Crippen LogP contribution < -0.4 is 10.3 Å². The van der Waals surface area contributed by atoms with Gasteiger partial charge >= 0.3 is 0 Å². The van der Waals surface area contributed by atoms with E-state index < -0.39 is 0 Å². The first-order valence-corrected chi connectivity index (χ1v) is 8.65. The largest absolute Gasteiger partial charge is 0.486 e. The van der Waals surface area contributed by atoms with E-state index in [0.29, 0.717) is 23.5 Å². The maximum atomic E-state index is 12.7. The third kappa shape index (κ3) is 2.54. The summed E-state index contributed by atoms with van der Waals surface area (Å²) >= 11 is 0. The fourth-order valence-electron chi connectivity index (χ4n) is 3.14. The fraction of sp³-hybridized carbons (Fsp3) is 0.250. The summed E-state index contributed by atoms with van der Waals surface area (Å²) in [7, 11) is 0. The number of aromatic nitrogens is 4. The number of hydrogen-bond acceptors (Lipinski definition) is 4. The van der Waals surface area contributed by atoms with E-state index in [-0.39, 0.29) is 12.2 Å². The van der Waals surface area contributed by atoms with Crippen molar-refractivity contribution in [2.24, 2.45) is 0 Å². The molecule has 0 atom stereocenters. The Morgan fingerprint density at radius 1 is 1.04 bits per heavy atom. The summed E-state index contributed by atoms with van der Waals surface area (Å²) in [6.07, 6.45) is 0. The van der Waals surface area contributed by atoms with Crippen LogP contribution in [0.5, 0.6) is 5.75 Å². The molecule has 6 nitrogen and oxygen atoms in total. The molecule has 0 spiro atoms. The summed E-state index contributed by atoms with van der Waals surface area (Å²) in [5.41, 5.74) is 3.15. The number of aryl methyl sites for hydroxylation is 3. The van der Waals surface area contributed by atoms with Gasteiger partial charge in [-0.05, 0) is 56.2 Å². The van der Waals surface area contributed by atoms with Crippen molar-refractivity contribution in [1.82, 2.24) is 19.2 Å². The molecule has 0 aliphatic rings. The highest BCUT2D eigenvalue weighted by atomic mass is 16.5. The van der Waals surface area contributed by atoms with Crippen LogP contribution in [0.3, 0.4) is 0 Å². The molecule has 0 saturated heterocycles. The van der Waals surface area contributed by atoms with E-state index in [9.17, 15) is 4.79 Å². The zero-order valence-corrected chi connectivity index (χ0v) is 15.1. The minimum atomic E-state index is -0.0513. The molecule has 0 N–H and O–H groups in total. The van der Waals surface area contributed by atoms with Crippen LogP contribution in [0.25, 0.3) is 16.7 Å². The second kappa shape index (κ2) is 6.29. The Morgan fingerprint density at radius 3 is 2.62 bits per heavy atom. The minimum absolute atomic E-state index is 0.0513. The van der Waals surface area contributed by atoms with Gasteiger partial charge in [-0.25, -0.2) is 0 Å². The number of hydrogen-bond donors (Lipinski definition) is 0. The lowest BCUT2D eigenvalue weighted by molar-refractivity contribution is 0.294. The zero-order chi connectivity index (χ0) is 18.3. The van der Waals surface area contributed by atoms with E-state index in [1.807, 2.05) is 53.8 Å². The topological polar surface area (TPSA) is 61.4 Å². The summed E-state index contributed by atoms with van der Waals surface area (Å²) in [5, 5.41) is 9.17. The predicted molar refractivity (Wildman–Crippen MR) is 101 cm³/mol. The Bertz CT molecular complexity index is 1170. The lowest BCUT2D eigenvalue weighted by Crippen LogP contribution is -2.22. The highest BCUT2D eigenvalue weighted by Crippen LogP contribution is 2.19. The molecule has 0 fully saturated rings. The van der Waals surface area contributed by atoms with Gasteiger partial charge in [0.25, 0.3) is 5.56 Å². The lowest BCUT2D eigenvalue weighted by atomic mass is 10.1. The number of fused-ring (bicyclic) bond motifs is 3. The molecule has 2 aromatic carbocycles. The van der Waals surface area contributed by atoms with E-state index in [4.69, 9.17) is 4.74 Å². The first-order chi connectivity index (χ1) is 12.6. The monoisotopic (exact) mass is 348 g/mol. The number of benzene rings is 2. The maximum absolute atomic E-state index is 12.7. The van der Waals surface area contributed by atoms with Crippen LogP contribution in [0.1, 0.15) is 23.9 Å². The number of ether oxygens (including phenoxy) is 1. The van der Waals surface area contributed by atoms with Gasteiger partial charge in [-0.1, -0.05) is 18.2 Å². The van der Waals surface area contributed by atoms with Crippen molar-refractivity contribution < 1.29 is 4.74 Å². The SMILES string of the molecule is CCn1c(=O)c2ccccc2n2c(COc3ccc(C)c(C)c3)nnc12. The highest BCUT2D eigenvalue weighted by Gasteiger charge is 2.15. The normalized spacial score (nSPS) is 11.3. The summed E-state index contributed by atoms with van der Waals surface area (Å²) in [6, 6.07) is 13.5. The molecular formula is C20H20N4O2. The molecule has 0 saturated carbocycles. The molecule has 0 aliphatic heterocycles. The molecule has 0 amide bonds. The molecule has 132 valence electrons. The van der Waals surface area contributed by atoms with Crippen LogP contribution in [0.4, 0.5) is 0 Å². The van der Waals surface area contributed by atoms with Crippen LogP contribution in [0.15, 0.2) is 47.3 Å². The number of nitrogens with zero attached hydrogens (tertiary/aromatic N) is 4. The van der Waals surface area contributed by atoms with E-state index in [2.05, 4.69) is 24.0 Å². The Balaban J connectivity index is 1.82. The molecule has 2 aromatic heterocycles. The van der Waals surface area contributed by atoms with Crippen molar-refractivity contribution in [3.05, 3.63) is 69.8 Å². The molecule has 26 heavy (non-hydrogen) atoms. The standard InChI is InChI=1S/C20H20N4O2/c1-4-23-19(25)16-7-5-6-8-17(16)24-18(21-22-20(23)24)12-26-15-10-9-13(2)14(3)11-15/h5-11H,4,12H2,1-3H3. The van der Waals surface area contributed by atoms with Gasteiger partial charge in [0.15, 0.2) is 5.82 Å². The molecule has 4 aromatic rings. The Labute approximate surface area is 150 Å². The first kappa shape index (κ1) is 16.3. The summed E-state index contributed by atoms with van der Waals surface area (Å²) in [4.78, 5) is 12.7. The molecule has 0 aliphatic carbocycles. The first-order valence-electron chi connectivity index (χ1n) is 8.65. The van der Waals surface area contributed by atoms with Crippen molar-refractivity contribution in [3.8, 4) is 5.75 Å². The Hall–Kier alpha value is -3.15. The molecule has 4 rings (SSSR count). The van der Waals surface area contributed by atoms with E-state index >= 15 is 0 Å². The van der Waals surface area contributed by atoms with E-state index in [1.54, 1.807) is 4.57 Å². The van der Waals surface area contributed by atoms with Crippen molar-refractivity contribution in [2.75, 3.05) is 0 Å². The van der Waals surface area contributed by atoms with Gasteiger partial charge in [-0.2, -0.15) is 0 Å². The second-order valence-electron chi connectivity index (χ2n) is 6.35. The van der Waals surface area contributed by atoms with Crippen LogP contribution in [0.2, 0.25) is 0 Å². The van der Waals surface area contributed by atoms with E-state index in [0.717, 1.165) is 11.3 Å². The van der Waals surface area contributed by atoms with Crippen LogP contribution in [-0.4, -0.2) is 19.2 Å². The molecule has 0 unspecified atom stereocenters. The zero-order valence-electron chi connectivity index (χ0n) is 15.1. The Kier molecular flexibility index (Phi) is 3.95. The average molecular weight is 348 g/mol. The summed E-state index contributed by atoms with van der Waals surface area (Å²) < 4.78 is 9.47. The van der Waals surface area contributed by atoms with Crippen LogP contribution >= 0.6 is 0 Å². The van der Waals surface area contributed by atoms with Gasteiger partial charge in [-0.15, -0.1) is 10.2 Å². The third-order valence-electron chi connectivity index (χ3n) is 4.74. The highest BCUT2D eigenvalue weighted by molar-refractivity contribution is 5.80. The third-order valence-corrected chi connectivity index (χ3v) is 4.74. The average Bonchev–Trinajstić information content (AvgIpc) is 3.07. The van der Waals surface area contributed by atoms with Crippen molar-refractivity contribution >= 4 is 16.7 Å². The molecule has 2 heterocycles. The van der Waals surface area contributed by atoms with Gasteiger partial charge in [0.2, 0.25) is 5.78 Å². The molecule has 0 radical (unpaired) electrons. The second-order valence-corrected chi connectivity index (χ2v) is 6.35. The molecule has 6 heteroatoms. The number of para-hydroxylation sites is 1. The van der Waals surface area contributed by atoms with Crippen LogP contribution in [-0.2, 0) is 13.2 Å². The quantitative estimate of drug-likeness (QED) is 0.568. The van der Waals surface area contributed by atoms with Gasteiger partial charge in [-0.3, -0.25) is 13.8 Å².